The molecule has 0 spiro atoms. The number of fused-ring (bicyclic) bond motifs is 1. The van der Waals surface area contributed by atoms with Gasteiger partial charge in [-0.3, -0.25) is 0 Å². The second kappa shape index (κ2) is 5.65. The van der Waals surface area contributed by atoms with Gasteiger partial charge in [0.25, 0.3) is 0 Å². The van der Waals surface area contributed by atoms with Crippen molar-refractivity contribution in [3.63, 3.8) is 0 Å². The molecule has 0 nitrogen and oxygen atoms in total. The fourth-order valence-electron chi connectivity index (χ4n) is 3.08. The summed E-state index contributed by atoms with van der Waals surface area (Å²) in [5, 5.41) is 0.609. The zero-order chi connectivity index (χ0) is 14.1. The molecule has 1 aliphatic carbocycles. The number of thioether (sulfide) groups is 1. The van der Waals surface area contributed by atoms with E-state index in [9.17, 15) is 0 Å². The van der Waals surface area contributed by atoms with Crippen LogP contribution in [0.2, 0.25) is 0 Å². The largest absolute Gasteiger partial charge is 0.117 e. The third kappa shape index (κ3) is 2.52. The van der Waals surface area contributed by atoms with Gasteiger partial charge in [0.05, 0.1) is 0 Å². The van der Waals surface area contributed by atoms with Gasteiger partial charge in [-0.05, 0) is 31.4 Å². The Kier molecular flexibility index (Phi) is 3.89. The first-order valence-electron chi connectivity index (χ1n) is 7.52. The van der Waals surface area contributed by atoms with E-state index in [4.69, 9.17) is 0 Å². The topological polar surface area (TPSA) is 0 Å². The second-order valence-corrected chi connectivity index (χ2v) is 7.04. The number of benzene rings is 1. The quantitative estimate of drug-likeness (QED) is 0.679. The number of hydrogen-bond acceptors (Lipinski definition) is 1. The van der Waals surface area contributed by atoms with Gasteiger partial charge in [-0.1, -0.05) is 67.0 Å². The van der Waals surface area contributed by atoms with Crippen LogP contribution in [0.5, 0.6) is 0 Å². The van der Waals surface area contributed by atoms with Crippen LogP contribution < -0.4 is 0 Å². The zero-order valence-electron chi connectivity index (χ0n) is 12.5. The fraction of sp³-hybridized carbons (Fsp3) is 0.368. The Labute approximate surface area is 126 Å². The molecule has 0 N–H and O–H groups in total. The Morgan fingerprint density at radius 2 is 1.85 bits per heavy atom. The predicted octanol–water partition coefficient (Wildman–Crippen LogP) is 5.75. The van der Waals surface area contributed by atoms with Crippen molar-refractivity contribution in [2.24, 2.45) is 5.92 Å². The predicted molar refractivity (Wildman–Crippen MR) is 90.8 cm³/mol. The summed E-state index contributed by atoms with van der Waals surface area (Å²) >= 11 is 2.06. The number of hydrogen-bond donors (Lipinski definition) is 0. The highest BCUT2D eigenvalue weighted by Crippen LogP contribution is 2.51. The molecule has 1 aromatic rings. The van der Waals surface area contributed by atoms with Gasteiger partial charge < -0.3 is 0 Å². The maximum Gasteiger partial charge on any atom is 0.0381 e. The number of rotatable bonds is 3. The average molecular weight is 282 g/mol. The van der Waals surface area contributed by atoms with Crippen LogP contribution in [0.3, 0.4) is 0 Å². The van der Waals surface area contributed by atoms with Crippen molar-refractivity contribution in [1.82, 2.24) is 0 Å². The summed E-state index contributed by atoms with van der Waals surface area (Å²) in [5.41, 5.74) is 5.78. The molecule has 0 aromatic heterocycles. The van der Waals surface area contributed by atoms with E-state index in [2.05, 4.69) is 75.0 Å². The van der Waals surface area contributed by atoms with E-state index < -0.39 is 0 Å². The summed E-state index contributed by atoms with van der Waals surface area (Å²) in [5.74, 6) is 0.611. The van der Waals surface area contributed by atoms with Gasteiger partial charge in [0.2, 0.25) is 0 Å². The summed E-state index contributed by atoms with van der Waals surface area (Å²) < 4.78 is 0. The van der Waals surface area contributed by atoms with E-state index in [0.29, 0.717) is 11.2 Å². The van der Waals surface area contributed by atoms with Crippen LogP contribution in [0, 0.1) is 12.8 Å². The van der Waals surface area contributed by atoms with Gasteiger partial charge >= 0.3 is 0 Å². The van der Waals surface area contributed by atoms with Gasteiger partial charge in [0.15, 0.2) is 0 Å². The molecule has 1 aliphatic heterocycles. The normalized spacial score (nSPS) is 24.9. The Balaban J connectivity index is 2.00. The molecule has 0 saturated carbocycles. The summed E-state index contributed by atoms with van der Waals surface area (Å²) in [6.45, 7) is 6.64. The summed E-state index contributed by atoms with van der Waals surface area (Å²) in [6, 6.07) is 9.02. The molecule has 2 unspecified atom stereocenters. The van der Waals surface area contributed by atoms with Gasteiger partial charge in [0, 0.05) is 16.1 Å². The molecule has 0 saturated heterocycles. The van der Waals surface area contributed by atoms with Crippen LogP contribution in [-0.4, -0.2) is 5.25 Å². The molecule has 1 aromatic carbocycles. The Morgan fingerprint density at radius 1 is 1.10 bits per heavy atom. The molecule has 2 atom stereocenters. The molecular weight excluding hydrogens is 260 g/mol. The monoisotopic (exact) mass is 282 g/mol. The van der Waals surface area contributed by atoms with Crippen LogP contribution in [0.15, 0.2) is 53.6 Å². The van der Waals surface area contributed by atoms with E-state index in [-0.39, 0.29) is 0 Å². The molecule has 1 heterocycles. The maximum atomic E-state index is 2.44. The lowest BCUT2D eigenvalue weighted by Gasteiger charge is -2.19. The van der Waals surface area contributed by atoms with Crippen molar-refractivity contribution in [3.05, 3.63) is 64.8 Å². The van der Waals surface area contributed by atoms with E-state index in [1.807, 2.05) is 0 Å². The van der Waals surface area contributed by atoms with E-state index in [0.717, 1.165) is 0 Å². The van der Waals surface area contributed by atoms with Gasteiger partial charge in [0.1, 0.15) is 0 Å². The van der Waals surface area contributed by atoms with Gasteiger partial charge in [-0.2, -0.15) is 0 Å². The number of allylic oxidation sites excluding steroid dienone is 4. The second-order valence-electron chi connectivity index (χ2n) is 5.85. The minimum atomic E-state index is 0.609. The summed E-state index contributed by atoms with van der Waals surface area (Å²) in [4.78, 5) is 1.53. The maximum absolute atomic E-state index is 2.44. The SMILES string of the molecule is CCCC1=C(c2ccc(C)cc2)SC2C=C(C)C=CC12. The highest BCUT2D eigenvalue weighted by Gasteiger charge is 2.33. The molecule has 0 bridgehead atoms. The molecule has 3 rings (SSSR count). The molecule has 0 radical (unpaired) electrons. The highest BCUT2D eigenvalue weighted by atomic mass is 32.2. The lowest BCUT2D eigenvalue weighted by Crippen LogP contribution is -2.13. The first kappa shape index (κ1) is 13.8. The van der Waals surface area contributed by atoms with Crippen LogP contribution in [0.1, 0.15) is 37.8 Å². The fourth-order valence-corrected chi connectivity index (χ4v) is 4.69. The van der Waals surface area contributed by atoms with E-state index in [1.54, 1.807) is 5.57 Å². The lowest BCUT2D eigenvalue weighted by molar-refractivity contribution is 0.728. The smallest absolute Gasteiger partial charge is 0.0381 e. The Hall–Kier alpha value is -1.21. The lowest BCUT2D eigenvalue weighted by atomic mass is 9.86. The van der Waals surface area contributed by atoms with E-state index in [1.165, 1.54) is 34.4 Å². The molecule has 2 aliphatic rings. The molecule has 1 heteroatoms. The minimum absolute atomic E-state index is 0.609. The standard InChI is InChI=1S/C19H22S/c1-4-5-17-16-11-8-14(3)12-18(16)20-19(17)15-9-6-13(2)7-10-15/h6-12,16,18H,4-5H2,1-3H3. The molecule has 0 amide bonds. The van der Waals surface area contributed by atoms with Crippen molar-refractivity contribution in [2.45, 2.75) is 38.9 Å². The van der Waals surface area contributed by atoms with Gasteiger partial charge in [-0.15, -0.1) is 11.8 Å². The highest BCUT2D eigenvalue weighted by molar-refractivity contribution is 8.09. The van der Waals surface area contributed by atoms with Gasteiger partial charge in [-0.25, -0.2) is 0 Å². The van der Waals surface area contributed by atoms with Crippen molar-refractivity contribution in [1.29, 1.82) is 0 Å². The van der Waals surface area contributed by atoms with Crippen LogP contribution in [0.4, 0.5) is 0 Å². The van der Waals surface area contributed by atoms with Crippen molar-refractivity contribution in [3.8, 4) is 0 Å². The van der Waals surface area contributed by atoms with Crippen molar-refractivity contribution in [2.75, 3.05) is 0 Å². The summed E-state index contributed by atoms with van der Waals surface area (Å²) in [6.07, 6.45) is 9.58. The Morgan fingerprint density at radius 3 is 2.55 bits per heavy atom. The summed E-state index contributed by atoms with van der Waals surface area (Å²) in [7, 11) is 0. The van der Waals surface area contributed by atoms with Crippen LogP contribution >= 0.6 is 11.8 Å². The molecule has 0 fully saturated rings. The van der Waals surface area contributed by atoms with Crippen LogP contribution in [-0.2, 0) is 0 Å². The van der Waals surface area contributed by atoms with Crippen molar-refractivity contribution < 1.29 is 0 Å². The van der Waals surface area contributed by atoms with Crippen LogP contribution in [0.25, 0.3) is 4.91 Å². The molecule has 104 valence electrons. The first-order valence-corrected chi connectivity index (χ1v) is 8.40. The average Bonchev–Trinajstić information content (AvgIpc) is 2.78. The van der Waals surface area contributed by atoms with E-state index >= 15 is 0 Å². The van der Waals surface area contributed by atoms with Crippen molar-refractivity contribution >= 4 is 16.7 Å². The minimum Gasteiger partial charge on any atom is -0.117 e. The Bertz CT molecular complexity index is 587. The molecular formula is C19H22S. The number of aryl methyl sites for hydroxylation is 1. The molecule has 20 heavy (non-hydrogen) atoms. The zero-order valence-corrected chi connectivity index (χ0v) is 13.3. The third-order valence-electron chi connectivity index (χ3n) is 4.13. The first-order chi connectivity index (χ1) is 9.69. The third-order valence-corrected chi connectivity index (χ3v) is 5.56.